The largest absolute Gasteiger partial charge is 0.352 e. The molecule has 0 radical (unpaired) electrons. The molecule has 30 heavy (non-hydrogen) atoms. The number of aromatic nitrogens is 5. The van der Waals surface area contributed by atoms with Crippen molar-refractivity contribution in [2.75, 3.05) is 0 Å². The van der Waals surface area contributed by atoms with E-state index in [2.05, 4.69) is 43.3 Å². The molecule has 0 saturated carbocycles. The highest BCUT2D eigenvalue weighted by molar-refractivity contribution is 7.14. The molecule has 5 heterocycles. The molecule has 2 N–H and O–H groups in total. The number of fused-ring (bicyclic) bond motifs is 2. The summed E-state index contributed by atoms with van der Waals surface area (Å²) in [5.41, 5.74) is 6.66. The fraction of sp³-hybridized carbons (Fsp3) is 0. The number of hydrogen-bond donors (Lipinski definition) is 2. The summed E-state index contributed by atoms with van der Waals surface area (Å²) >= 11 is 1.12. The molecule has 144 valence electrons. The first-order valence-electron chi connectivity index (χ1n) is 9.37. The quantitative estimate of drug-likeness (QED) is 0.373. The Morgan fingerprint density at radius 3 is 2.53 bits per heavy atom. The minimum Gasteiger partial charge on any atom is -0.352 e. The molecule has 0 spiro atoms. The Labute approximate surface area is 174 Å². The second-order valence-electron chi connectivity index (χ2n) is 7.00. The van der Waals surface area contributed by atoms with Gasteiger partial charge >= 0.3 is 0 Å². The van der Waals surface area contributed by atoms with E-state index < -0.39 is 0 Å². The van der Waals surface area contributed by atoms with Gasteiger partial charge in [-0.05, 0) is 53.6 Å². The van der Waals surface area contributed by atoms with Crippen molar-refractivity contribution in [1.82, 2.24) is 25.1 Å². The molecule has 0 saturated heterocycles. The summed E-state index contributed by atoms with van der Waals surface area (Å²) in [6.45, 7) is 0. The SMILES string of the molecule is Fc1ccc(-c2cncc3[nH]c(-c4n[nH]c5ccc(-c6ccncc6)cc45)cc23)s1. The maximum atomic E-state index is 13.6. The number of nitrogens with one attached hydrogen (secondary N) is 2. The van der Waals surface area contributed by atoms with Gasteiger partial charge < -0.3 is 4.98 Å². The van der Waals surface area contributed by atoms with Crippen LogP contribution in [0.5, 0.6) is 0 Å². The standard InChI is InChI=1S/C23H14FN5S/c24-22-4-3-21(30-22)17-11-26-12-20-15(17)10-19(27-20)23-16-9-14(1-2-18(16)28-29-23)13-5-7-25-8-6-13/h1-12,27H,(H,28,29). The van der Waals surface area contributed by atoms with Crippen molar-refractivity contribution in [2.24, 2.45) is 0 Å². The lowest BCUT2D eigenvalue weighted by Gasteiger charge is -2.01. The number of benzene rings is 1. The van der Waals surface area contributed by atoms with Crippen LogP contribution < -0.4 is 0 Å². The number of aromatic amines is 2. The van der Waals surface area contributed by atoms with Gasteiger partial charge in [-0.3, -0.25) is 15.1 Å². The molecule has 0 aliphatic rings. The molecule has 6 aromatic rings. The lowest BCUT2D eigenvalue weighted by Crippen LogP contribution is -1.81. The third-order valence-electron chi connectivity index (χ3n) is 5.22. The summed E-state index contributed by atoms with van der Waals surface area (Å²) < 4.78 is 13.6. The lowest BCUT2D eigenvalue weighted by molar-refractivity contribution is 0.657. The van der Waals surface area contributed by atoms with Crippen LogP contribution in [-0.2, 0) is 0 Å². The Balaban J connectivity index is 1.52. The highest BCUT2D eigenvalue weighted by Gasteiger charge is 2.15. The monoisotopic (exact) mass is 411 g/mol. The molecule has 0 fully saturated rings. The normalized spacial score (nSPS) is 11.5. The highest BCUT2D eigenvalue weighted by atomic mass is 32.1. The van der Waals surface area contributed by atoms with Gasteiger partial charge in [0.2, 0.25) is 0 Å². The molecule has 5 nitrogen and oxygen atoms in total. The van der Waals surface area contributed by atoms with E-state index in [0.717, 1.165) is 66.1 Å². The van der Waals surface area contributed by atoms with Gasteiger partial charge in [-0.15, -0.1) is 11.3 Å². The first-order chi connectivity index (χ1) is 14.8. The van der Waals surface area contributed by atoms with Crippen molar-refractivity contribution < 1.29 is 4.39 Å². The van der Waals surface area contributed by atoms with Crippen molar-refractivity contribution in [3.63, 3.8) is 0 Å². The third kappa shape index (κ3) is 2.71. The predicted octanol–water partition coefficient (Wildman–Crippen LogP) is 6.04. The van der Waals surface area contributed by atoms with E-state index in [4.69, 9.17) is 0 Å². The summed E-state index contributed by atoms with van der Waals surface area (Å²) in [6, 6.07) is 15.5. The van der Waals surface area contributed by atoms with Crippen LogP contribution in [0.1, 0.15) is 0 Å². The number of rotatable bonds is 3. The van der Waals surface area contributed by atoms with E-state index in [0.29, 0.717) is 0 Å². The van der Waals surface area contributed by atoms with Gasteiger partial charge in [0, 0.05) is 39.8 Å². The molecular weight excluding hydrogens is 397 g/mol. The number of H-pyrrole nitrogens is 2. The van der Waals surface area contributed by atoms with Gasteiger partial charge in [-0.1, -0.05) is 6.07 Å². The minimum atomic E-state index is -0.209. The molecule has 0 amide bonds. The molecule has 6 rings (SSSR count). The van der Waals surface area contributed by atoms with Gasteiger partial charge in [0.1, 0.15) is 5.69 Å². The van der Waals surface area contributed by atoms with Gasteiger partial charge in [0.15, 0.2) is 5.13 Å². The Morgan fingerprint density at radius 1 is 0.800 bits per heavy atom. The Morgan fingerprint density at radius 2 is 1.70 bits per heavy atom. The molecule has 0 aliphatic heterocycles. The van der Waals surface area contributed by atoms with Gasteiger partial charge in [-0.25, -0.2) is 0 Å². The fourth-order valence-corrected chi connectivity index (χ4v) is 4.53. The zero-order valence-electron chi connectivity index (χ0n) is 15.6. The smallest absolute Gasteiger partial charge is 0.176 e. The van der Waals surface area contributed by atoms with E-state index in [1.165, 1.54) is 6.07 Å². The number of nitrogens with zero attached hydrogens (tertiary/aromatic N) is 3. The first kappa shape index (κ1) is 17.1. The van der Waals surface area contributed by atoms with E-state index in [1.54, 1.807) is 30.9 Å². The third-order valence-corrected chi connectivity index (χ3v) is 6.12. The molecule has 0 unspecified atom stereocenters. The molecule has 0 aliphatic carbocycles. The maximum absolute atomic E-state index is 13.6. The predicted molar refractivity (Wildman–Crippen MR) is 118 cm³/mol. The van der Waals surface area contributed by atoms with E-state index >= 15 is 0 Å². The second kappa shape index (κ2) is 6.60. The lowest BCUT2D eigenvalue weighted by atomic mass is 10.0. The highest BCUT2D eigenvalue weighted by Crippen LogP contribution is 2.36. The topological polar surface area (TPSA) is 70.2 Å². The van der Waals surface area contributed by atoms with Gasteiger partial charge in [0.05, 0.1) is 22.9 Å². The van der Waals surface area contributed by atoms with Crippen molar-refractivity contribution in [1.29, 1.82) is 0 Å². The minimum absolute atomic E-state index is 0.209. The average molecular weight is 411 g/mol. The number of pyridine rings is 2. The van der Waals surface area contributed by atoms with Gasteiger partial charge in [-0.2, -0.15) is 9.49 Å². The van der Waals surface area contributed by atoms with Crippen molar-refractivity contribution in [3.05, 3.63) is 78.4 Å². The summed E-state index contributed by atoms with van der Waals surface area (Å²) in [7, 11) is 0. The maximum Gasteiger partial charge on any atom is 0.176 e. The summed E-state index contributed by atoms with van der Waals surface area (Å²) in [5, 5.41) is 9.47. The Hall–Kier alpha value is -3.84. The van der Waals surface area contributed by atoms with E-state index in [-0.39, 0.29) is 5.13 Å². The van der Waals surface area contributed by atoms with Crippen LogP contribution in [0.15, 0.2) is 73.3 Å². The molecule has 5 aromatic heterocycles. The number of halogens is 1. The van der Waals surface area contributed by atoms with Crippen molar-refractivity contribution in [3.8, 4) is 33.0 Å². The zero-order valence-corrected chi connectivity index (χ0v) is 16.4. The molecular formula is C23H14FN5S. The van der Waals surface area contributed by atoms with Crippen LogP contribution in [-0.4, -0.2) is 25.1 Å². The fourth-order valence-electron chi connectivity index (χ4n) is 3.78. The van der Waals surface area contributed by atoms with Crippen LogP contribution in [0, 0.1) is 5.13 Å². The van der Waals surface area contributed by atoms with Crippen molar-refractivity contribution >= 4 is 33.1 Å². The summed E-state index contributed by atoms with van der Waals surface area (Å²) in [6.07, 6.45) is 7.13. The zero-order chi connectivity index (χ0) is 20.1. The van der Waals surface area contributed by atoms with Crippen LogP contribution in [0.25, 0.3) is 54.8 Å². The molecule has 0 atom stereocenters. The van der Waals surface area contributed by atoms with Gasteiger partial charge in [0.25, 0.3) is 0 Å². The van der Waals surface area contributed by atoms with E-state index in [9.17, 15) is 4.39 Å². The van der Waals surface area contributed by atoms with Crippen molar-refractivity contribution in [2.45, 2.75) is 0 Å². The Bertz CT molecular complexity index is 1510. The number of thiophene rings is 1. The average Bonchev–Trinajstić information content (AvgIpc) is 3.51. The van der Waals surface area contributed by atoms with Crippen LogP contribution in [0.4, 0.5) is 4.39 Å². The molecule has 1 aromatic carbocycles. The summed E-state index contributed by atoms with van der Waals surface area (Å²) in [4.78, 5) is 12.7. The van der Waals surface area contributed by atoms with Crippen LogP contribution in [0.3, 0.4) is 0 Å². The first-order valence-corrected chi connectivity index (χ1v) is 10.2. The second-order valence-corrected chi connectivity index (χ2v) is 8.04. The molecule has 7 heteroatoms. The Kier molecular flexibility index (Phi) is 3.75. The van der Waals surface area contributed by atoms with Crippen LogP contribution in [0.2, 0.25) is 0 Å². The number of hydrogen-bond acceptors (Lipinski definition) is 4. The molecule has 0 bridgehead atoms. The summed E-state index contributed by atoms with van der Waals surface area (Å²) in [5.74, 6) is 0. The van der Waals surface area contributed by atoms with Crippen LogP contribution >= 0.6 is 11.3 Å². The van der Waals surface area contributed by atoms with E-state index in [1.807, 2.05) is 18.2 Å².